The highest BCUT2D eigenvalue weighted by Crippen LogP contribution is 2.47. The monoisotopic (exact) mass is 522 g/mol. The Morgan fingerprint density at radius 1 is 0.947 bits per heavy atom. The maximum Gasteiger partial charge on any atom is 0.375 e. The maximum absolute atomic E-state index is 13.5. The molecule has 0 amide bonds. The summed E-state index contributed by atoms with van der Waals surface area (Å²) in [6.45, 7) is 7.68. The van der Waals surface area contributed by atoms with Gasteiger partial charge in [0.1, 0.15) is 5.75 Å². The highest BCUT2D eigenvalue weighted by molar-refractivity contribution is 6.12. The largest absolute Gasteiger partial charge is 0.508 e. The van der Waals surface area contributed by atoms with Crippen molar-refractivity contribution in [3.05, 3.63) is 81.6 Å². The van der Waals surface area contributed by atoms with Gasteiger partial charge in [0.2, 0.25) is 11.4 Å². The molecule has 1 heterocycles. The fourth-order valence-corrected chi connectivity index (χ4v) is 4.46. The molecule has 0 aromatic heterocycles. The normalized spacial score (nSPS) is 16.6. The van der Waals surface area contributed by atoms with Crippen LogP contribution < -0.4 is 0 Å². The molecule has 8 nitrogen and oxygen atoms in total. The van der Waals surface area contributed by atoms with Crippen molar-refractivity contribution in [2.45, 2.75) is 52.6 Å². The molecule has 1 atom stereocenters. The molecule has 0 bridgehead atoms. The molecular formula is C30H34O8. The Hall–Kier alpha value is -4.20. The van der Waals surface area contributed by atoms with Gasteiger partial charge in [0, 0.05) is 12.0 Å². The summed E-state index contributed by atoms with van der Waals surface area (Å²) >= 11 is 0. The van der Waals surface area contributed by atoms with Crippen LogP contribution in [0.1, 0.15) is 49.9 Å². The van der Waals surface area contributed by atoms with Crippen molar-refractivity contribution < 1.29 is 39.1 Å². The van der Waals surface area contributed by atoms with Crippen LogP contribution in [0.4, 0.5) is 0 Å². The number of phenolic OH excluding ortho intramolecular Hbond substituents is 3. The number of hydrogen-bond acceptors (Lipinski definition) is 8. The SMILES string of the molecule is COC(=O)[C@@]1(Cc2ccc(O)c(CC=C(C)C)c2)OC(=O)C(OC)=C1c1ccc(O)c(O)c1CC=C(C)C. The Balaban J connectivity index is 2.28. The first-order valence-electron chi connectivity index (χ1n) is 12.2. The summed E-state index contributed by atoms with van der Waals surface area (Å²) in [5.74, 6) is -2.54. The van der Waals surface area contributed by atoms with E-state index in [1.807, 2.05) is 39.8 Å². The Bertz CT molecular complexity index is 1340. The number of rotatable bonds is 9. The quantitative estimate of drug-likeness (QED) is 0.242. The first-order chi connectivity index (χ1) is 17.9. The predicted molar refractivity (Wildman–Crippen MR) is 143 cm³/mol. The second kappa shape index (κ2) is 11.5. The van der Waals surface area contributed by atoms with Gasteiger partial charge in [-0.1, -0.05) is 41.5 Å². The summed E-state index contributed by atoms with van der Waals surface area (Å²) in [6, 6.07) is 7.70. The van der Waals surface area contributed by atoms with E-state index in [1.165, 1.54) is 32.4 Å². The lowest BCUT2D eigenvalue weighted by molar-refractivity contribution is -0.169. The number of benzene rings is 2. The van der Waals surface area contributed by atoms with E-state index in [0.29, 0.717) is 23.1 Å². The first kappa shape index (κ1) is 28.4. The van der Waals surface area contributed by atoms with E-state index in [0.717, 1.165) is 11.1 Å². The van der Waals surface area contributed by atoms with E-state index in [-0.39, 0.29) is 47.0 Å². The lowest BCUT2D eigenvalue weighted by Crippen LogP contribution is -2.44. The molecule has 0 spiro atoms. The van der Waals surface area contributed by atoms with Crippen molar-refractivity contribution >= 4 is 17.5 Å². The van der Waals surface area contributed by atoms with E-state index >= 15 is 0 Å². The van der Waals surface area contributed by atoms with E-state index < -0.39 is 17.5 Å². The van der Waals surface area contributed by atoms with Crippen LogP contribution in [0.3, 0.4) is 0 Å². The summed E-state index contributed by atoms with van der Waals surface area (Å²) in [7, 11) is 2.48. The van der Waals surface area contributed by atoms with Crippen LogP contribution in [0.15, 0.2) is 59.4 Å². The minimum absolute atomic E-state index is 0.0863. The number of carbonyl (C=O) groups is 2. The molecular weight excluding hydrogens is 488 g/mol. The summed E-state index contributed by atoms with van der Waals surface area (Å²) in [5, 5.41) is 31.4. The lowest BCUT2D eigenvalue weighted by Gasteiger charge is -2.29. The topological polar surface area (TPSA) is 123 Å². The van der Waals surface area contributed by atoms with Gasteiger partial charge >= 0.3 is 11.9 Å². The van der Waals surface area contributed by atoms with Crippen LogP contribution in [0, 0.1) is 0 Å². The number of phenols is 3. The van der Waals surface area contributed by atoms with Gasteiger partial charge in [0.25, 0.3) is 0 Å². The molecule has 3 rings (SSSR count). The van der Waals surface area contributed by atoms with Gasteiger partial charge in [-0.2, -0.15) is 0 Å². The van der Waals surface area contributed by atoms with Crippen molar-refractivity contribution in [2.24, 2.45) is 0 Å². The van der Waals surface area contributed by atoms with Gasteiger partial charge < -0.3 is 29.5 Å². The van der Waals surface area contributed by atoms with E-state index in [1.54, 1.807) is 12.1 Å². The molecule has 0 fully saturated rings. The number of ether oxygens (including phenoxy) is 3. The summed E-state index contributed by atoms with van der Waals surface area (Å²) in [4.78, 5) is 26.5. The third kappa shape index (κ3) is 5.54. The second-order valence-corrected chi connectivity index (χ2v) is 9.69. The molecule has 202 valence electrons. The third-order valence-electron chi connectivity index (χ3n) is 6.37. The fourth-order valence-electron chi connectivity index (χ4n) is 4.46. The van der Waals surface area contributed by atoms with E-state index in [2.05, 4.69) is 0 Å². The Labute approximate surface area is 222 Å². The molecule has 1 aliphatic heterocycles. The molecule has 2 aromatic rings. The molecule has 8 heteroatoms. The number of hydrogen-bond donors (Lipinski definition) is 3. The van der Waals surface area contributed by atoms with Crippen LogP contribution in [0.25, 0.3) is 5.57 Å². The van der Waals surface area contributed by atoms with Crippen molar-refractivity contribution in [3.8, 4) is 17.2 Å². The molecule has 3 N–H and O–H groups in total. The molecule has 1 aliphatic rings. The minimum atomic E-state index is -1.95. The second-order valence-electron chi connectivity index (χ2n) is 9.69. The molecule has 38 heavy (non-hydrogen) atoms. The third-order valence-corrected chi connectivity index (χ3v) is 6.37. The average Bonchev–Trinajstić information content (AvgIpc) is 3.15. The smallest absolute Gasteiger partial charge is 0.375 e. The molecule has 0 radical (unpaired) electrons. The van der Waals surface area contributed by atoms with Gasteiger partial charge in [-0.25, -0.2) is 9.59 Å². The van der Waals surface area contributed by atoms with E-state index in [4.69, 9.17) is 14.2 Å². The van der Waals surface area contributed by atoms with Gasteiger partial charge in [-0.15, -0.1) is 0 Å². The van der Waals surface area contributed by atoms with Gasteiger partial charge in [-0.05, 0) is 69.4 Å². The fraction of sp³-hybridized carbons (Fsp3) is 0.333. The maximum atomic E-state index is 13.5. The molecule has 0 saturated carbocycles. The van der Waals surface area contributed by atoms with Crippen LogP contribution in [-0.2, 0) is 43.1 Å². The Morgan fingerprint density at radius 3 is 2.18 bits per heavy atom. The van der Waals surface area contributed by atoms with E-state index in [9.17, 15) is 24.9 Å². The van der Waals surface area contributed by atoms with Crippen molar-refractivity contribution in [1.82, 2.24) is 0 Å². The Kier molecular flexibility index (Phi) is 8.56. The first-order valence-corrected chi connectivity index (χ1v) is 12.2. The van der Waals surface area contributed by atoms with Crippen LogP contribution in [0.2, 0.25) is 0 Å². The van der Waals surface area contributed by atoms with Gasteiger partial charge in [0.15, 0.2) is 11.5 Å². The summed E-state index contributed by atoms with van der Waals surface area (Å²) in [5.41, 5.74) is 2.00. The predicted octanol–water partition coefficient (Wildman–Crippen LogP) is 4.89. The van der Waals surface area contributed by atoms with Gasteiger partial charge in [-0.3, -0.25) is 0 Å². The molecule has 0 unspecified atom stereocenters. The zero-order valence-corrected chi connectivity index (χ0v) is 22.5. The Morgan fingerprint density at radius 2 is 1.58 bits per heavy atom. The van der Waals surface area contributed by atoms with Crippen LogP contribution in [0.5, 0.6) is 17.2 Å². The molecule has 0 aliphatic carbocycles. The van der Waals surface area contributed by atoms with Crippen molar-refractivity contribution in [2.75, 3.05) is 14.2 Å². The zero-order chi connectivity index (χ0) is 28.2. The highest BCUT2D eigenvalue weighted by Gasteiger charge is 2.56. The highest BCUT2D eigenvalue weighted by atomic mass is 16.6. The van der Waals surface area contributed by atoms with Gasteiger partial charge in [0.05, 0.1) is 19.8 Å². The lowest BCUT2D eigenvalue weighted by atomic mass is 9.80. The van der Waals surface area contributed by atoms with Crippen molar-refractivity contribution in [1.29, 1.82) is 0 Å². The zero-order valence-electron chi connectivity index (χ0n) is 22.5. The number of carbonyl (C=O) groups excluding carboxylic acids is 2. The number of allylic oxidation sites excluding steroid dienone is 4. The molecule has 2 aromatic carbocycles. The number of esters is 2. The molecule has 0 saturated heterocycles. The summed E-state index contributed by atoms with van der Waals surface area (Å²) < 4.78 is 16.3. The van der Waals surface area contributed by atoms with Crippen molar-refractivity contribution in [3.63, 3.8) is 0 Å². The minimum Gasteiger partial charge on any atom is -0.508 e. The average molecular weight is 523 g/mol. The van der Waals surface area contributed by atoms with Crippen LogP contribution >= 0.6 is 0 Å². The number of cyclic esters (lactones) is 1. The summed E-state index contributed by atoms with van der Waals surface area (Å²) in [6.07, 6.45) is 4.36. The number of aromatic hydroxyl groups is 3. The standard InChI is InChI=1S/C30H34O8/c1-17(2)7-10-20-15-19(9-13-23(20)31)16-30(29(35)37-6)25(27(36-5)28(34)38-30)21-12-14-24(32)26(33)22(21)11-8-18(3)4/h7-9,12-15,31-33H,10-11,16H2,1-6H3/t30-/m0/s1. The number of methoxy groups -OCH3 is 2. The van der Waals surface area contributed by atoms with Crippen LogP contribution in [-0.4, -0.2) is 47.1 Å².